The SMILES string of the molecule is CB1OCc2cc(Oc3ccc(CC(C)OC=O)cc3F)ccc21. The molecule has 0 bridgehead atoms. The van der Waals surface area contributed by atoms with Crippen LogP contribution in [-0.4, -0.2) is 19.5 Å². The number of halogens is 1. The molecule has 3 rings (SSSR count). The molecule has 0 amide bonds. The first-order valence-corrected chi connectivity index (χ1v) is 7.86. The first-order chi connectivity index (χ1) is 11.6. The van der Waals surface area contributed by atoms with E-state index in [1.807, 2.05) is 25.0 Å². The van der Waals surface area contributed by atoms with Gasteiger partial charge in [-0.15, -0.1) is 0 Å². The highest BCUT2D eigenvalue weighted by Crippen LogP contribution is 2.27. The Balaban J connectivity index is 1.73. The van der Waals surface area contributed by atoms with Crippen molar-refractivity contribution < 1.29 is 23.3 Å². The van der Waals surface area contributed by atoms with Crippen LogP contribution < -0.4 is 10.2 Å². The van der Waals surface area contributed by atoms with Gasteiger partial charge in [0.2, 0.25) is 0 Å². The second-order valence-corrected chi connectivity index (χ2v) is 5.93. The van der Waals surface area contributed by atoms with E-state index in [-0.39, 0.29) is 18.8 Å². The van der Waals surface area contributed by atoms with Crippen LogP contribution in [0, 0.1) is 5.82 Å². The van der Waals surface area contributed by atoms with Crippen LogP contribution in [0.4, 0.5) is 4.39 Å². The molecule has 0 aromatic heterocycles. The number of hydrogen-bond acceptors (Lipinski definition) is 4. The molecule has 2 aromatic carbocycles. The molecule has 1 atom stereocenters. The van der Waals surface area contributed by atoms with Gasteiger partial charge in [0.25, 0.3) is 6.47 Å². The van der Waals surface area contributed by atoms with Crippen LogP contribution in [0.15, 0.2) is 36.4 Å². The lowest BCUT2D eigenvalue weighted by molar-refractivity contribution is -0.132. The number of ether oxygens (including phenoxy) is 2. The second-order valence-electron chi connectivity index (χ2n) is 5.93. The Morgan fingerprint density at radius 2 is 2.17 bits per heavy atom. The van der Waals surface area contributed by atoms with Crippen molar-refractivity contribution in [3.05, 3.63) is 53.3 Å². The lowest BCUT2D eigenvalue weighted by Crippen LogP contribution is -2.23. The molecule has 1 aliphatic heterocycles. The number of fused-ring (bicyclic) bond motifs is 1. The summed E-state index contributed by atoms with van der Waals surface area (Å²) >= 11 is 0. The molecule has 0 N–H and O–H groups in total. The number of carbonyl (C=O) groups excluding carboxylic acids is 1. The van der Waals surface area contributed by atoms with E-state index in [4.69, 9.17) is 14.1 Å². The van der Waals surface area contributed by atoms with Gasteiger partial charge < -0.3 is 14.1 Å². The predicted octanol–water partition coefficient (Wildman–Crippen LogP) is 3.08. The van der Waals surface area contributed by atoms with Gasteiger partial charge in [0.15, 0.2) is 11.6 Å². The molecule has 1 heterocycles. The summed E-state index contributed by atoms with van der Waals surface area (Å²) in [4.78, 5) is 10.3. The third-order valence-corrected chi connectivity index (χ3v) is 4.08. The van der Waals surface area contributed by atoms with Gasteiger partial charge in [0.05, 0.1) is 6.61 Å². The van der Waals surface area contributed by atoms with Crippen molar-refractivity contribution in [1.82, 2.24) is 0 Å². The summed E-state index contributed by atoms with van der Waals surface area (Å²) in [5.74, 6) is 0.293. The monoisotopic (exact) mass is 328 g/mol. The van der Waals surface area contributed by atoms with E-state index < -0.39 is 5.82 Å². The van der Waals surface area contributed by atoms with Crippen LogP contribution in [0.1, 0.15) is 18.1 Å². The summed E-state index contributed by atoms with van der Waals surface area (Å²) in [7, 11) is 0. The topological polar surface area (TPSA) is 44.8 Å². The van der Waals surface area contributed by atoms with Gasteiger partial charge in [-0.2, -0.15) is 0 Å². The molecule has 0 aliphatic carbocycles. The molecule has 0 saturated heterocycles. The lowest BCUT2D eigenvalue weighted by Gasteiger charge is -2.12. The van der Waals surface area contributed by atoms with Crippen LogP contribution in [-0.2, 0) is 27.2 Å². The van der Waals surface area contributed by atoms with Gasteiger partial charge in [0.1, 0.15) is 11.9 Å². The van der Waals surface area contributed by atoms with E-state index in [1.165, 1.54) is 6.07 Å². The van der Waals surface area contributed by atoms with E-state index in [0.717, 1.165) is 16.6 Å². The normalized spacial score (nSPS) is 14.2. The molecule has 2 aromatic rings. The van der Waals surface area contributed by atoms with Crippen LogP contribution in [0.2, 0.25) is 6.82 Å². The van der Waals surface area contributed by atoms with Crippen molar-refractivity contribution >= 4 is 18.9 Å². The van der Waals surface area contributed by atoms with Gasteiger partial charge in [-0.05, 0) is 47.8 Å². The average molecular weight is 328 g/mol. The van der Waals surface area contributed by atoms with Gasteiger partial charge in [-0.1, -0.05) is 19.0 Å². The van der Waals surface area contributed by atoms with Crippen molar-refractivity contribution in [2.75, 3.05) is 0 Å². The van der Waals surface area contributed by atoms with E-state index in [9.17, 15) is 9.18 Å². The molecule has 0 saturated carbocycles. The molecule has 0 spiro atoms. The van der Waals surface area contributed by atoms with Crippen molar-refractivity contribution in [1.29, 1.82) is 0 Å². The maximum atomic E-state index is 14.2. The third kappa shape index (κ3) is 3.59. The molecule has 1 aliphatic rings. The maximum absolute atomic E-state index is 14.2. The lowest BCUT2D eigenvalue weighted by atomic mass is 9.64. The van der Waals surface area contributed by atoms with Gasteiger partial charge in [0, 0.05) is 6.42 Å². The highest BCUT2D eigenvalue weighted by molar-refractivity contribution is 6.67. The summed E-state index contributed by atoms with van der Waals surface area (Å²) in [6, 6.07) is 10.4. The number of rotatable bonds is 6. The van der Waals surface area contributed by atoms with Crippen LogP contribution in [0.3, 0.4) is 0 Å². The Hall–Kier alpha value is -2.34. The highest BCUT2D eigenvalue weighted by Gasteiger charge is 2.23. The van der Waals surface area contributed by atoms with Crippen LogP contribution >= 0.6 is 0 Å². The molecule has 1 unspecified atom stereocenters. The summed E-state index contributed by atoms with van der Waals surface area (Å²) in [5, 5.41) is 0. The smallest absolute Gasteiger partial charge is 0.324 e. The second kappa shape index (κ2) is 7.05. The molecular formula is C18H18BFO4. The fourth-order valence-corrected chi connectivity index (χ4v) is 2.83. The Morgan fingerprint density at radius 3 is 2.92 bits per heavy atom. The molecular weight excluding hydrogens is 310 g/mol. The zero-order valence-corrected chi connectivity index (χ0v) is 13.6. The zero-order valence-electron chi connectivity index (χ0n) is 13.6. The largest absolute Gasteiger partial charge is 0.465 e. The van der Waals surface area contributed by atoms with Gasteiger partial charge >= 0.3 is 6.92 Å². The summed E-state index contributed by atoms with van der Waals surface area (Å²) < 4.78 is 30.3. The first kappa shape index (κ1) is 16.5. The maximum Gasteiger partial charge on any atom is 0.324 e. The molecule has 6 heteroatoms. The highest BCUT2D eigenvalue weighted by atomic mass is 19.1. The minimum Gasteiger partial charge on any atom is -0.465 e. The fourth-order valence-electron chi connectivity index (χ4n) is 2.83. The molecule has 0 fully saturated rings. The molecule has 124 valence electrons. The Kier molecular flexibility index (Phi) is 4.85. The van der Waals surface area contributed by atoms with Crippen LogP contribution in [0.25, 0.3) is 0 Å². The fraction of sp³-hybridized carbons (Fsp3) is 0.278. The summed E-state index contributed by atoms with van der Waals surface area (Å²) in [6.07, 6.45) is 0.150. The van der Waals surface area contributed by atoms with Crippen molar-refractivity contribution in [3.63, 3.8) is 0 Å². The van der Waals surface area contributed by atoms with Crippen LogP contribution in [0.5, 0.6) is 11.5 Å². The first-order valence-electron chi connectivity index (χ1n) is 7.86. The predicted molar refractivity (Wildman–Crippen MR) is 89.3 cm³/mol. The van der Waals surface area contributed by atoms with Gasteiger partial charge in [-0.25, -0.2) is 4.39 Å². The van der Waals surface area contributed by atoms with Crippen molar-refractivity contribution in [2.24, 2.45) is 0 Å². The van der Waals surface area contributed by atoms with E-state index >= 15 is 0 Å². The van der Waals surface area contributed by atoms with Crippen molar-refractivity contribution in [2.45, 2.75) is 32.9 Å². The quantitative estimate of drug-likeness (QED) is 0.604. The summed E-state index contributed by atoms with van der Waals surface area (Å²) in [6.45, 7) is 4.78. The Morgan fingerprint density at radius 1 is 1.33 bits per heavy atom. The molecule has 4 nitrogen and oxygen atoms in total. The number of hydrogen-bond donors (Lipinski definition) is 0. The minimum absolute atomic E-state index is 0.0839. The van der Waals surface area contributed by atoms with Gasteiger partial charge in [-0.3, -0.25) is 4.79 Å². The van der Waals surface area contributed by atoms with E-state index in [1.54, 1.807) is 19.1 Å². The summed E-state index contributed by atoms with van der Waals surface area (Å²) in [5.41, 5.74) is 2.95. The number of carbonyl (C=O) groups is 1. The third-order valence-electron chi connectivity index (χ3n) is 4.08. The zero-order chi connectivity index (χ0) is 17.1. The Bertz CT molecular complexity index is 750. The van der Waals surface area contributed by atoms with E-state index in [0.29, 0.717) is 25.2 Å². The average Bonchev–Trinajstić information content (AvgIpc) is 2.91. The molecule has 0 radical (unpaired) electrons. The molecule has 24 heavy (non-hydrogen) atoms. The Labute approximate surface area is 140 Å². The minimum atomic E-state index is -0.448. The van der Waals surface area contributed by atoms with E-state index in [2.05, 4.69) is 0 Å². The standard InChI is InChI=1S/C18H18BFO4/c1-12(22-11-21)7-13-3-6-18(17(20)8-13)24-15-4-5-16-14(9-15)10-23-19(16)2/h3-6,8-9,11-12H,7,10H2,1-2H3. The van der Waals surface area contributed by atoms with Crippen molar-refractivity contribution in [3.8, 4) is 11.5 Å². The number of benzene rings is 2.